The molecule has 1 aliphatic heterocycles. The molecule has 2 aromatic heterocycles. The molecule has 1 aromatic carbocycles. The van der Waals surface area contributed by atoms with Gasteiger partial charge in [0.05, 0.1) is 24.1 Å². The van der Waals surface area contributed by atoms with Crippen LogP contribution in [0.4, 0.5) is 5.82 Å². The van der Waals surface area contributed by atoms with E-state index in [2.05, 4.69) is 34.1 Å². The lowest BCUT2D eigenvalue weighted by molar-refractivity contribution is -0.116. The summed E-state index contributed by atoms with van der Waals surface area (Å²) in [4.78, 5) is 19.0. The molecule has 4 rings (SSSR count). The van der Waals surface area contributed by atoms with E-state index in [1.165, 1.54) is 6.08 Å². The van der Waals surface area contributed by atoms with Crippen LogP contribution in [-0.2, 0) is 16.1 Å². The number of amides is 1. The van der Waals surface area contributed by atoms with Crippen LogP contribution in [0.2, 0.25) is 0 Å². The monoisotopic (exact) mass is 417 g/mol. The molecule has 3 aromatic rings. The Kier molecular flexibility index (Phi) is 6.43. The van der Waals surface area contributed by atoms with Gasteiger partial charge in [-0.2, -0.15) is 5.10 Å². The summed E-state index contributed by atoms with van der Waals surface area (Å²) < 4.78 is 7.56. The summed E-state index contributed by atoms with van der Waals surface area (Å²) in [5, 5.41) is 7.22. The number of ether oxygens (including phenoxy) is 1. The quantitative estimate of drug-likeness (QED) is 0.624. The first-order valence-corrected chi connectivity index (χ1v) is 10.5. The standard InChI is InChI=1S/C24H27N5O2/c1-18-15-28(16-19(2)31-18)23-10-8-20(12-25-23)13-26-24(30)11-9-21-14-27-29(17-21)22-6-4-3-5-7-22/h3-12,14,17-19H,13,15-16H2,1-2H3,(H,26,30)/b11-9+. The zero-order valence-electron chi connectivity index (χ0n) is 17.8. The van der Waals surface area contributed by atoms with Crippen LogP contribution >= 0.6 is 0 Å². The van der Waals surface area contributed by atoms with Crippen molar-refractivity contribution < 1.29 is 9.53 Å². The van der Waals surface area contributed by atoms with Gasteiger partial charge in [-0.05, 0) is 43.7 Å². The van der Waals surface area contributed by atoms with E-state index in [1.807, 2.05) is 54.9 Å². The third kappa shape index (κ3) is 5.58. The smallest absolute Gasteiger partial charge is 0.244 e. The van der Waals surface area contributed by atoms with Gasteiger partial charge in [0.15, 0.2) is 0 Å². The predicted molar refractivity (Wildman–Crippen MR) is 121 cm³/mol. The highest BCUT2D eigenvalue weighted by molar-refractivity contribution is 5.91. The molecule has 7 heteroatoms. The van der Waals surface area contributed by atoms with Crippen molar-refractivity contribution >= 4 is 17.8 Å². The van der Waals surface area contributed by atoms with Crippen LogP contribution in [0.1, 0.15) is 25.0 Å². The lowest BCUT2D eigenvalue weighted by Gasteiger charge is -2.36. The van der Waals surface area contributed by atoms with E-state index in [0.29, 0.717) is 6.54 Å². The molecule has 0 saturated carbocycles. The lowest BCUT2D eigenvalue weighted by atomic mass is 10.2. The molecule has 7 nitrogen and oxygen atoms in total. The summed E-state index contributed by atoms with van der Waals surface area (Å²) in [7, 11) is 0. The van der Waals surface area contributed by atoms with E-state index < -0.39 is 0 Å². The highest BCUT2D eigenvalue weighted by atomic mass is 16.5. The Labute approximate surface area is 182 Å². The number of hydrogen-bond donors (Lipinski definition) is 1. The Morgan fingerprint density at radius 3 is 2.61 bits per heavy atom. The van der Waals surface area contributed by atoms with Crippen LogP contribution in [0.5, 0.6) is 0 Å². The topological polar surface area (TPSA) is 72.3 Å². The van der Waals surface area contributed by atoms with Gasteiger partial charge in [-0.25, -0.2) is 9.67 Å². The number of rotatable bonds is 6. The Morgan fingerprint density at radius 2 is 1.90 bits per heavy atom. The average molecular weight is 418 g/mol. The van der Waals surface area contributed by atoms with E-state index in [4.69, 9.17) is 4.74 Å². The zero-order valence-corrected chi connectivity index (χ0v) is 17.8. The van der Waals surface area contributed by atoms with Gasteiger partial charge in [0, 0.05) is 43.7 Å². The molecule has 1 amide bonds. The molecule has 1 saturated heterocycles. The van der Waals surface area contributed by atoms with Crippen molar-refractivity contribution in [1.29, 1.82) is 0 Å². The van der Waals surface area contributed by atoms with Crippen molar-refractivity contribution in [1.82, 2.24) is 20.1 Å². The minimum atomic E-state index is -0.160. The van der Waals surface area contributed by atoms with E-state index in [-0.39, 0.29) is 18.1 Å². The number of carbonyl (C=O) groups is 1. The van der Waals surface area contributed by atoms with Gasteiger partial charge in [0.1, 0.15) is 5.82 Å². The summed E-state index contributed by atoms with van der Waals surface area (Å²) in [6.45, 7) is 6.24. The summed E-state index contributed by atoms with van der Waals surface area (Å²) in [5.74, 6) is 0.778. The summed E-state index contributed by atoms with van der Waals surface area (Å²) in [6, 6.07) is 13.8. The van der Waals surface area contributed by atoms with Crippen LogP contribution < -0.4 is 10.2 Å². The van der Waals surface area contributed by atoms with Gasteiger partial charge in [0.25, 0.3) is 0 Å². The van der Waals surface area contributed by atoms with Crippen molar-refractivity contribution in [3.63, 3.8) is 0 Å². The molecule has 1 fully saturated rings. The van der Waals surface area contributed by atoms with E-state index in [9.17, 15) is 4.79 Å². The zero-order chi connectivity index (χ0) is 21.6. The van der Waals surface area contributed by atoms with Gasteiger partial charge < -0.3 is 15.0 Å². The highest BCUT2D eigenvalue weighted by Gasteiger charge is 2.22. The second kappa shape index (κ2) is 9.57. The number of morpholine rings is 1. The molecule has 3 heterocycles. The number of carbonyl (C=O) groups excluding carboxylic acids is 1. The van der Waals surface area contributed by atoms with Gasteiger partial charge >= 0.3 is 0 Å². The lowest BCUT2D eigenvalue weighted by Crippen LogP contribution is -2.45. The van der Waals surface area contributed by atoms with Gasteiger partial charge in [-0.15, -0.1) is 0 Å². The summed E-state index contributed by atoms with van der Waals surface area (Å²) in [6.07, 6.45) is 9.08. The van der Waals surface area contributed by atoms with Crippen LogP contribution in [0.25, 0.3) is 11.8 Å². The number of benzene rings is 1. The molecule has 0 radical (unpaired) electrons. The number of aromatic nitrogens is 3. The first-order valence-electron chi connectivity index (χ1n) is 10.5. The number of nitrogens with zero attached hydrogens (tertiary/aromatic N) is 4. The minimum Gasteiger partial charge on any atom is -0.372 e. The first-order chi connectivity index (χ1) is 15.1. The van der Waals surface area contributed by atoms with Crippen LogP contribution in [-0.4, -0.2) is 46.0 Å². The van der Waals surface area contributed by atoms with E-state index in [0.717, 1.165) is 35.7 Å². The second-order valence-electron chi connectivity index (χ2n) is 7.79. The molecule has 2 atom stereocenters. The summed E-state index contributed by atoms with van der Waals surface area (Å²) in [5.41, 5.74) is 2.79. The maximum Gasteiger partial charge on any atom is 0.244 e. The fourth-order valence-corrected chi connectivity index (χ4v) is 3.64. The van der Waals surface area contributed by atoms with Gasteiger partial charge in [0.2, 0.25) is 5.91 Å². The van der Waals surface area contributed by atoms with Gasteiger partial charge in [-0.1, -0.05) is 24.3 Å². The minimum absolute atomic E-state index is 0.160. The molecule has 31 heavy (non-hydrogen) atoms. The van der Waals surface area contributed by atoms with Crippen molar-refractivity contribution in [2.45, 2.75) is 32.6 Å². The number of pyridine rings is 1. The van der Waals surface area contributed by atoms with Gasteiger partial charge in [-0.3, -0.25) is 4.79 Å². The first kappa shape index (κ1) is 20.8. The SMILES string of the molecule is CC1CN(c2ccc(CNC(=O)/C=C/c3cnn(-c4ccccc4)c3)cn2)CC(C)O1. The van der Waals surface area contributed by atoms with Crippen LogP contribution in [0.15, 0.2) is 67.1 Å². The fraction of sp³-hybridized carbons (Fsp3) is 0.292. The number of nitrogens with one attached hydrogen (secondary N) is 1. The number of para-hydroxylation sites is 1. The third-order valence-corrected chi connectivity index (χ3v) is 5.07. The molecule has 160 valence electrons. The number of anilines is 1. The molecule has 0 aliphatic carbocycles. The molecule has 2 unspecified atom stereocenters. The van der Waals surface area contributed by atoms with Crippen molar-refractivity contribution in [3.8, 4) is 5.69 Å². The van der Waals surface area contributed by atoms with E-state index in [1.54, 1.807) is 17.0 Å². The molecular formula is C24H27N5O2. The molecule has 0 bridgehead atoms. The Bertz CT molecular complexity index is 1020. The van der Waals surface area contributed by atoms with Crippen molar-refractivity contribution in [2.24, 2.45) is 0 Å². The second-order valence-corrected chi connectivity index (χ2v) is 7.79. The maximum atomic E-state index is 12.2. The van der Waals surface area contributed by atoms with Crippen LogP contribution in [0, 0.1) is 0 Å². The summed E-state index contributed by atoms with van der Waals surface area (Å²) >= 11 is 0. The molecule has 1 aliphatic rings. The Hall–Kier alpha value is -3.45. The fourth-order valence-electron chi connectivity index (χ4n) is 3.64. The molecule has 0 spiro atoms. The Balaban J connectivity index is 1.28. The average Bonchev–Trinajstić information content (AvgIpc) is 3.26. The molecule has 1 N–H and O–H groups in total. The Morgan fingerprint density at radius 1 is 1.13 bits per heavy atom. The van der Waals surface area contributed by atoms with Crippen LogP contribution in [0.3, 0.4) is 0 Å². The van der Waals surface area contributed by atoms with Crippen molar-refractivity contribution in [2.75, 3.05) is 18.0 Å². The highest BCUT2D eigenvalue weighted by Crippen LogP contribution is 2.18. The third-order valence-electron chi connectivity index (χ3n) is 5.07. The largest absolute Gasteiger partial charge is 0.372 e. The normalized spacial score (nSPS) is 19.0. The predicted octanol–water partition coefficient (Wildman–Crippen LogP) is 3.21. The maximum absolute atomic E-state index is 12.2. The van der Waals surface area contributed by atoms with E-state index >= 15 is 0 Å². The van der Waals surface area contributed by atoms with Crippen molar-refractivity contribution in [3.05, 3.63) is 78.3 Å². The molecular weight excluding hydrogens is 390 g/mol. The number of hydrogen-bond acceptors (Lipinski definition) is 5.